The number of hydrogen-bond acceptors (Lipinski definition) is 2. The number of likely N-dealkylation sites (tertiary alicyclic amines) is 1. The Hall–Kier alpha value is -0.770. The lowest BCUT2D eigenvalue weighted by molar-refractivity contribution is 0.397. The van der Waals surface area contributed by atoms with Gasteiger partial charge in [0.2, 0.25) is 0 Å². The largest absolute Gasteiger partial charge is 0.357 e. The van der Waals surface area contributed by atoms with E-state index < -0.39 is 0 Å². The van der Waals surface area contributed by atoms with Gasteiger partial charge in [-0.2, -0.15) is 0 Å². The second-order valence-corrected chi connectivity index (χ2v) is 4.94. The van der Waals surface area contributed by atoms with E-state index in [2.05, 4.69) is 48.3 Å². The average Bonchev–Trinajstić information content (AvgIpc) is 2.60. The molecule has 1 aliphatic heterocycles. The predicted molar refractivity (Wildman–Crippen MR) is 69.9 cm³/mol. The summed E-state index contributed by atoms with van der Waals surface area (Å²) < 4.78 is 0. The van der Waals surface area contributed by atoms with E-state index in [1.807, 2.05) is 0 Å². The summed E-state index contributed by atoms with van der Waals surface area (Å²) in [7, 11) is 2.18. The van der Waals surface area contributed by atoms with Gasteiger partial charge in [0, 0.05) is 25.7 Å². The van der Waals surface area contributed by atoms with Crippen LogP contribution in [0.3, 0.4) is 0 Å². The quantitative estimate of drug-likeness (QED) is 0.553. The molecule has 0 amide bonds. The first kappa shape index (κ1) is 13.3. The van der Waals surface area contributed by atoms with Crippen LogP contribution in [0.4, 0.5) is 0 Å². The summed E-state index contributed by atoms with van der Waals surface area (Å²) in [5.74, 6) is 1.68. The lowest BCUT2D eigenvalue weighted by Gasteiger charge is -2.15. The Morgan fingerprint density at radius 2 is 2.25 bits per heavy atom. The molecule has 1 saturated heterocycles. The van der Waals surface area contributed by atoms with Gasteiger partial charge in [-0.3, -0.25) is 4.99 Å². The van der Waals surface area contributed by atoms with E-state index in [1.165, 1.54) is 19.5 Å². The van der Waals surface area contributed by atoms with Crippen LogP contribution in [0.5, 0.6) is 0 Å². The Morgan fingerprint density at radius 1 is 1.50 bits per heavy atom. The molecule has 16 heavy (non-hydrogen) atoms. The lowest BCUT2D eigenvalue weighted by Crippen LogP contribution is -2.41. The van der Waals surface area contributed by atoms with Crippen molar-refractivity contribution in [2.45, 2.75) is 33.2 Å². The minimum absolute atomic E-state index is 0.434. The molecule has 94 valence electrons. The van der Waals surface area contributed by atoms with Crippen molar-refractivity contribution in [2.75, 3.05) is 33.2 Å². The summed E-state index contributed by atoms with van der Waals surface area (Å²) in [4.78, 5) is 7.02. The highest BCUT2D eigenvalue weighted by atomic mass is 15.2. The van der Waals surface area contributed by atoms with E-state index in [-0.39, 0.29) is 0 Å². The molecular weight excluding hydrogens is 200 g/mol. The first-order chi connectivity index (χ1) is 7.61. The average molecular weight is 226 g/mol. The van der Waals surface area contributed by atoms with E-state index in [0.717, 1.165) is 25.0 Å². The van der Waals surface area contributed by atoms with Crippen LogP contribution in [-0.2, 0) is 0 Å². The molecule has 1 aliphatic rings. The summed E-state index contributed by atoms with van der Waals surface area (Å²) >= 11 is 0. The van der Waals surface area contributed by atoms with E-state index >= 15 is 0 Å². The summed E-state index contributed by atoms with van der Waals surface area (Å²) in [6.45, 7) is 10.6. The standard InChI is InChI=1S/C12H26N4/c1-5-13-12(15-10(2)3)14-8-11-6-7-16(4)9-11/h10-11H,5-9H2,1-4H3,(H2,13,14,15). The van der Waals surface area contributed by atoms with Crippen LogP contribution in [0.2, 0.25) is 0 Å². The molecule has 0 spiro atoms. The fourth-order valence-corrected chi connectivity index (χ4v) is 1.99. The van der Waals surface area contributed by atoms with Gasteiger partial charge in [0.25, 0.3) is 0 Å². The molecule has 4 heteroatoms. The van der Waals surface area contributed by atoms with Crippen molar-refractivity contribution in [3.05, 3.63) is 0 Å². The summed E-state index contributed by atoms with van der Waals surface area (Å²) in [5.41, 5.74) is 0. The third-order valence-corrected chi connectivity index (χ3v) is 2.77. The molecule has 0 aromatic carbocycles. The highest BCUT2D eigenvalue weighted by Gasteiger charge is 2.18. The third-order valence-electron chi connectivity index (χ3n) is 2.77. The molecule has 0 radical (unpaired) electrons. The van der Waals surface area contributed by atoms with Gasteiger partial charge in [0.05, 0.1) is 0 Å². The molecule has 0 saturated carbocycles. The van der Waals surface area contributed by atoms with Gasteiger partial charge in [-0.1, -0.05) is 0 Å². The van der Waals surface area contributed by atoms with Crippen molar-refractivity contribution in [1.29, 1.82) is 0 Å². The first-order valence-corrected chi connectivity index (χ1v) is 6.35. The smallest absolute Gasteiger partial charge is 0.191 e. The maximum atomic E-state index is 4.64. The number of rotatable bonds is 4. The fraction of sp³-hybridized carbons (Fsp3) is 0.917. The zero-order valence-corrected chi connectivity index (χ0v) is 11.1. The zero-order valence-electron chi connectivity index (χ0n) is 11.1. The van der Waals surface area contributed by atoms with Crippen molar-refractivity contribution in [3.8, 4) is 0 Å². The molecule has 1 unspecified atom stereocenters. The van der Waals surface area contributed by atoms with Crippen molar-refractivity contribution in [1.82, 2.24) is 15.5 Å². The maximum Gasteiger partial charge on any atom is 0.191 e. The molecule has 0 aromatic heterocycles. The summed E-state index contributed by atoms with van der Waals surface area (Å²) in [5, 5.41) is 6.62. The number of hydrogen-bond donors (Lipinski definition) is 2. The SMILES string of the molecule is CCNC(=NCC1CCN(C)C1)NC(C)C. The Balaban J connectivity index is 2.37. The van der Waals surface area contributed by atoms with Crippen LogP contribution < -0.4 is 10.6 Å². The molecule has 2 N–H and O–H groups in total. The van der Waals surface area contributed by atoms with Crippen molar-refractivity contribution in [3.63, 3.8) is 0 Å². The Morgan fingerprint density at radius 3 is 2.75 bits per heavy atom. The molecule has 0 aromatic rings. The van der Waals surface area contributed by atoms with Crippen LogP contribution in [0.15, 0.2) is 4.99 Å². The normalized spacial score (nSPS) is 22.8. The number of guanidine groups is 1. The van der Waals surface area contributed by atoms with Crippen LogP contribution in [-0.4, -0.2) is 50.1 Å². The summed E-state index contributed by atoms with van der Waals surface area (Å²) in [6.07, 6.45) is 1.28. The lowest BCUT2D eigenvalue weighted by atomic mass is 10.1. The highest BCUT2D eigenvalue weighted by Crippen LogP contribution is 2.14. The maximum absolute atomic E-state index is 4.64. The van der Waals surface area contributed by atoms with Gasteiger partial charge in [0.15, 0.2) is 5.96 Å². The zero-order chi connectivity index (χ0) is 12.0. The molecule has 0 bridgehead atoms. The van der Waals surface area contributed by atoms with E-state index in [1.54, 1.807) is 0 Å². The van der Waals surface area contributed by atoms with Gasteiger partial charge < -0.3 is 15.5 Å². The molecule has 0 aliphatic carbocycles. The molecule has 1 heterocycles. The minimum Gasteiger partial charge on any atom is -0.357 e. The molecule has 1 rings (SSSR count). The van der Waals surface area contributed by atoms with Gasteiger partial charge in [-0.25, -0.2) is 0 Å². The van der Waals surface area contributed by atoms with Gasteiger partial charge >= 0.3 is 0 Å². The van der Waals surface area contributed by atoms with E-state index in [0.29, 0.717) is 6.04 Å². The second-order valence-electron chi connectivity index (χ2n) is 4.94. The Kier molecular flexibility index (Phi) is 5.60. The van der Waals surface area contributed by atoms with Crippen molar-refractivity contribution >= 4 is 5.96 Å². The van der Waals surface area contributed by atoms with Crippen LogP contribution in [0.1, 0.15) is 27.2 Å². The van der Waals surface area contributed by atoms with Gasteiger partial charge in [-0.05, 0) is 46.7 Å². The first-order valence-electron chi connectivity index (χ1n) is 6.35. The molecule has 1 atom stereocenters. The van der Waals surface area contributed by atoms with Crippen LogP contribution in [0.25, 0.3) is 0 Å². The van der Waals surface area contributed by atoms with Crippen LogP contribution in [0, 0.1) is 5.92 Å². The minimum atomic E-state index is 0.434. The molecule has 4 nitrogen and oxygen atoms in total. The number of nitrogens with zero attached hydrogens (tertiary/aromatic N) is 2. The monoisotopic (exact) mass is 226 g/mol. The van der Waals surface area contributed by atoms with Gasteiger partial charge in [-0.15, -0.1) is 0 Å². The molecule has 1 fully saturated rings. The Labute approximate surface area is 99.5 Å². The van der Waals surface area contributed by atoms with Crippen molar-refractivity contribution < 1.29 is 0 Å². The topological polar surface area (TPSA) is 39.7 Å². The number of nitrogens with one attached hydrogen (secondary N) is 2. The third kappa shape index (κ3) is 4.84. The Bertz CT molecular complexity index is 225. The summed E-state index contributed by atoms with van der Waals surface area (Å²) in [6, 6.07) is 0.434. The van der Waals surface area contributed by atoms with Crippen molar-refractivity contribution in [2.24, 2.45) is 10.9 Å². The van der Waals surface area contributed by atoms with Gasteiger partial charge in [0.1, 0.15) is 0 Å². The fourth-order valence-electron chi connectivity index (χ4n) is 1.99. The number of aliphatic imine (C=N–C) groups is 1. The van der Waals surface area contributed by atoms with Crippen LogP contribution >= 0.6 is 0 Å². The predicted octanol–water partition coefficient (Wildman–Crippen LogP) is 0.902. The van der Waals surface area contributed by atoms with E-state index in [4.69, 9.17) is 0 Å². The van der Waals surface area contributed by atoms with E-state index in [9.17, 15) is 0 Å². The molecular formula is C12H26N4. The highest BCUT2D eigenvalue weighted by molar-refractivity contribution is 5.79. The second kappa shape index (κ2) is 6.74.